The van der Waals surface area contributed by atoms with Gasteiger partial charge in [0.2, 0.25) is 0 Å². The third kappa shape index (κ3) is 3.49. The molecule has 0 unspecified atom stereocenters. The maximum atomic E-state index is 14.4. The maximum Gasteiger partial charge on any atom is 0.151 e. The first-order valence-corrected chi connectivity index (χ1v) is 8.05. The molecular formula is C18H22FN3O2. The van der Waals surface area contributed by atoms with Crippen LogP contribution in [0.25, 0.3) is 0 Å². The molecule has 0 spiro atoms. The zero-order chi connectivity index (χ0) is 16.9. The summed E-state index contributed by atoms with van der Waals surface area (Å²) in [7, 11) is 1.65. The van der Waals surface area contributed by atoms with Crippen LogP contribution < -0.4 is 9.80 Å². The van der Waals surface area contributed by atoms with Crippen LogP contribution >= 0.6 is 0 Å². The van der Waals surface area contributed by atoms with Gasteiger partial charge in [-0.3, -0.25) is 4.98 Å². The zero-order valence-electron chi connectivity index (χ0n) is 13.8. The van der Waals surface area contributed by atoms with E-state index in [2.05, 4.69) is 9.88 Å². The Kier molecular flexibility index (Phi) is 5.27. The summed E-state index contributed by atoms with van der Waals surface area (Å²) >= 11 is 0. The number of hydrogen-bond acceptors (Lipinski definition) is 5. The van der Waals surface area contributed by atoms with Gasteiger partial charge in [-0.05, 0) is 18.2 Å². The van der Waals surface area contributed by atoms with Crippen molar-refractivity contribution in [2.24, 2.45) is 0 Å². The number of halogens is 1. The average molecular weight is 331 g/mol. The first-order valence-electron chi connectivity index (χ1n) is 8.05. The lowest BCUT2D eigenvalue weighted by molar-refractivity contribution is 0.181. The Morgan fingerprint density at radius 2 is 1.88 bits per heavy atom. The summed E-state index contributed by atoms with van der Waals surface area (Å²) in [5.74, 6) is -0.320. The number of aliphatic hydroxyl groups excluding tert-OH is 1. The predicted octanol–water partition coefficient (Wildman–Crippen LogP) is 2.19. The molecule has 6 heteroatoms. The molecule has 0 radical (unpaired) electrons. The second-order valence-corrected chi connectivity index (χ2v) is 5.82. The molecule has 1 aliphatic heterocycles. The largest absolute Gasteiger partial charge is 0.392 e. The Balaban J connectivity index is 1.65. The van der Waals surface area contributed by atoms with Crippen molar-refractivity contribution in [2.75, 3.05) is 43.1 Å². The van der Waals surface area contributed by atoms with Gasteiger partial charge >= 0.3 is 0 Å². The third-order valence-corrected chi connectivity index (χ3v) is 4.32. The van der Waals surface area contributed by atoms with E-state index in [1.807, 2.05) is 23.2 Å². The normalized spacial score (nSPS) is 15.0. The fraction of sp³-hybridized carbons (Fsp3) is 0.389. The van der Waals surface area contributed by atoms with Crippen LogP contribution in [0.15, 0.2) is 36.5 Å². The molecule has 1 saturated heterocycles. The molecule has 0 saturated carbocycles. The first kappa shape index (κ1) is 16.7. The molecule has 0 aliphatic carbocycles. The Bertz CT molecular complexity index is 670. The SMILES string of the molecule is COCc1ccc(N2CCN(c3cccc(CO)c3F)CC2)cn1. The molecule has 2 aromatic rings. The van der Waals surface area contributed by atoms with Crippen molar-refractivity contribution in [3.63, 3.8) is 0 Å². The van der Waals surface area contributed by atoms with Crippen LogP contribution in [0.1, 0.15) is 11.3 Å². The average Bonchev–Trinajstić information content (AvgIpc) is 2.63. The smallest absolute Gasteiger partial charge is 0.151 e. The van der Waals surface area contributed by atoms with Crippen molar-refractivity contribution in [1.82, 2.24) is 4.98 Å². The lowest BCUT2D eigenvalue weighted by atomic mass is 10.1. The fourth-order valence-corrected chi connectivity index (χ4v) is 2.98. The van der Waals surface area contributed by atoms with Crippen molar-refractivity contribution in [1.29, 1.82) is 0 Å². The van der Waals surface area contributed by atoms with Crippen LogP contribution in [0.4, 0.5) is 15.8 Å². The van der Waals surface area contributed by atoms with Crippen molar-refractivity contribution < 1.29 is 14.2 Å². The van der Waals surface area contributed by atoms with Gasteiger partial charge in [-0.1, -0.05) is 12.1 Å². The van der Waals surface area contributed by atoms with E-state index in [0.29, 0.717) is 17.9 Å². The third-order valence-electron chi connectivity index (χ3n) is 4.32. The van der Waals surface area contributed by atoms with Crippen LogP contribution in [0.5, 0.6) is 0 Å². The van der Waals surface area contributed by atoms with Gasteiger partial charge in [0.1, 0.15) is 0 Å². The molecular weight excluding hydrogens is 309 g/mol. The number of aliphatic hydroxyl groups is 1. The highest BCUT2D eigenvalue weighted by molar-refractivity contribution is 5.53. The van der Waals surface area contributed by atoms with Crippen LogP contribution in [0, 0.1) is 5.82 Å². The molecule has 128 valence electrons. The summed E-state index contributed by atoms with van der Waals surface area (Å²) in [5.41, 5.74) is 2.88. The molecule has 1 N–H and O–H groups in total. The number of rotatable bonds is 5. The number of aromatic nitrogens is 1. The quantitative estimate of drug-likeness (QED) is 0.910. The molecule has 1 aliphatic rings. The number of ether oxygens (including phenoxy) is 1. The molecule has 1 aromatic carbocycles. The topological polar surface area (TPSA) is 48.8 Å². The van der Waals surface area contributed by atoms with Gasteiger partial charge in [0, 0.05) is 38.9 Å². The van der Waals surface area contributed by atoms with Crippen LogP contribution in [0.3, 0.4) is 0 Å². The first-order chi connectivity index (χ1) is 11.7. The van der Waals surface area contributed by atoms with Crippen molar-refractivity contribution in [2.45, 2.75) is 13.2 Å². The molecule has 1 aromatic heterocycles. The van der Waals surface area contributed by atoms with Gasteiger partial charge in [0.05, 0.1) is 36.5 Å². The molecule has 0 amide bonds. The van der Waals surface area contributed by atoms with E-state index >= 15 is 0 Å². The number of benzene rings is 1. The maximum absolute atomic E-state index is 14.4. The molecule has 3 rings (SSSR count). The zero-order valence-corrected chi connectivity index (χ0v) is 13.8. The lowest BCUT2D eigenvalue weighted by Gasteiger charge is -2.37. The van der Waals surface area contributed by atoms with Gasteiger partial charge < -0.3 is 19.6 Å². The summed E-state index contributed by atoms with van der Waals surface area (Å²) in [6, 6.07) is 9.18. The Hall–Kier alpha value is -2.18. The molecule has 0 atom stereocenters. The minimum Gasteiger partial charge on any atom is -0.392 e. The summed E-state index contributed by atoms with van der Waals surface area (Å²) in [6.45, 7) is 3.28. The second kappa shape index (κ2) is 7.59. The van der Waals surface area contributed by atoms with E-state index in [1.54, 1.807) is 25.3 Å². The van der Waals surface area contributed by atoms with E-state index in [1.165, 1.54) is 0 Å². The highest BCUT2D eigenvalue weighted by Crippen LogP contribution is 2.25. The Morgan fingerprint density at radius 1 is 1.12 bits per heavy atom. The van der Waals surface area contributed by atoms with E-state index < -0.39 is 0 Å². The highest BCUT2D eigenvalue weighted by atomic mass is 19.1. The van der Waals surface area contributed by atoms with Crippen LogP contribution in [0.2, 0.25) is 0 Å². The van der Waals surface area contributed by atoms with E-state index in [0.717, 1.165) is 37.6 Å². The number of pyridine rings is 1. The monoisotopic (exact) mass is 331 g/mol. The van der Waals surface area contributed by atoms with E-state index in [4.69, 9.17) is 4.74 Å². The molecule has 2 heterocycles. The van der Waals surface area contributed by atoms with Crippen molar-refractivity contribution in [3.8, 4) is 0 Å². The molecule has 0 bridgehead atoms. The summed E-state index contributed by atoms with van der Waals surface area (Å²) in [6.07, 6.45) is 1.86. The predicted molar refractivity (Wildman–Crippen MR) is 91.7 cm³/mol. The number of piperazine rings is 1. The standard InChI is InChI=1S/C18H22FN3O2/c1-24-13-15-5-6-16(11-20-15)21-7-9-22(10-8-21)17-4-2-3-14(12-23)18(17)19/h2-6,11,23H,7-10,12-13H2,1H3. The molecule has 5 nitrogen and oxygen atoms in total. The minimum absolute atomic E-state index is 0.279. The minimum atomic E-state index is -0.320. The van der Waals surface area contributed by atoms with Crippen LogP contribution in [-0.4, -0.2) is 43.4 Å². The van der Waals surface area contributed by atoms with Gasteiger partial charge in [-0.2, -0.15) is 0 Å². The number of nitrogens with zero attached hydrogens (tertiary/aromatic N) is 3. The highest BCUT2D eigenvalue weighted by Gasteiger charge is 2.21. The van der Waals surface area contributed by atoms with E-state index in [9.17, 15) is 9.50 Å². The summed E-state index contributed by atoms with van der Waals surface area (Å²) < 4.78 is 19.4. The van der Waals surface area contributed by atoms with Gasteiger partial charge in [-0.25, -0.2) is 4.39 Å². The molecule has 1 fully saturated rings. The summed E-state index contributed by atoms with van der Waals surface area (Å²) in [4.78, 5) is 8.66. The second-order valence-electron chi connectivity index (χ2n) is 5.82. The number of anilines is 2. The van der Waals surface area contributed by atoms with Crippen molar-refractivity contribution in [3.05, 3.63) is 53.6 Å². The van der Waals surface area contributed by atoms with Gasteiger partial charge in [0.25, 0.3) is 0 Å². The fourth-order valence-electron chi connectivity index (χ4n) is 2.98. The van der Waals surface area contributed by atoms with Gasteiger partial charge in [-0.15, -0.1) is 0 Å². The number of methoxy groups -OCH3 is 1. The molecule has 24 heavy (non-hydrogen) atoms. The summed E-state index contributed by atoms with van der Waals surface area (Å²) in [5, 5.41) is 9.21. The van der Waals surface area contributed by atoms with E-state index in [-0.39, 0.29) is 12.4 Å². The lowest BCUT2D eigenvalue weighted by Crippen LogP contribution is -2.47. The number of hydrogen-bond donors (Lipinski definition) is 1. The Morgan fingerprint density at radius 3 is 2.50 bits per heavy atom. The van der Waals surface area contributed by atoms with Gasteiger partial charge in [0.15, 0.2) is 5.82 Å². The Labute approximate surface area is 141 Å². The van der Waals surface area contributed by atoms with Crippen molar-refractivity contribution >= 4 is 11.4 Å². The van der Waals surface area contributed by atoms with Crippen LogP contribution in [-0.2, 0) is 18.0 Å².